The highest BCUT2D eigenvalue weighted by molar-refractivity contribution is 14.0. The molecule has 0 heterocycles. The molecule has 5 heteroatoms. The van der Waals surface area contributed by atoms with E-state index >= 15 is 0 Å². The quantitative estimate of drug-likeness (QED) is 0.228. The Morgan fingerprint density at radius 3 is 2.64 bits per heavy atom. The lowest BCUT2D eigenvalue weighted by atomic mass is 10.1. The Kier molecular flexibility index (Phi) is 11.8. The molecule has 0 atom stereocenters. The number of nitrogens with one attached hydrogen (secondary N) is 1. The minimum atomic E-state index is -0.197. The molecule has 0 unspecified atom stereocenters. The smallest absolute Gasteiger partial charge is 0.193 e. The summed E-state index contributed by atoms with van der Waals surface area (Å²) in [6, 6.07) is 6.61. The number of unbranched alkanes of at least 4 members (excludes halogenated alkanes) is 1. The summed E-state index contributed by atoms with van der Waals surface area (Å²) in [5.74, 6) is 0.723. The highest BCUT2D eigenvalue weighted by Gasteiger charge is 2.04. The summed E-state index contributed by atoms with van der Waals surface area (Å²) in [5, 5.41) is 3.29. The number of guanidine groups is 1. The van der Waals surface area contributed by atoms with E-state index in [1.807, 2.05) is 25.3 Å². The van der Waals surface area contributed by atoms with E-state index < -0.39 is 0 Å². The minimum absolute atomic E-state index is 0. The van der Waals surface area contributed by atoms with Gasteiger partial charge in [0.15, 0.2) is 5.96 Å². The second-order valence-electron chi connectivity index (χ2n) is 4.96. The number of halogens is 2. The Morgan fingerprint density at radius 2 is 2.05 bits per heavy atom. The molecule has 0 saturated carbocycles. The van der Waals surface area contributed by atoms with Crippen LogP contribution in [0.15, 0.2) is 41.9 Å². The van der Waals surface area contributed by atoms with Crippen molar-refractivity contribution in [2.45, 2.75) is 26.2 Å². The molecule has 0 bridgehead atoms. The molecular formula is C17H27FIN3. The molecule has 0 aliphatic heterocycles. The summed E-state index contributed by atoms with van der Waals surface area (Å²) in [4.78, 5) is 6.76. The van der Waals surface area contributed by atoms with Crippen molar-refractivity contribution in [1.82, 2.24) is 10.2 Å². The van der Waals surface area contributed by atoms with E-state index in [2.05, 4.69) is 28.7 Å². The zero-order chi connectivity index (χ0) is 15.5. The van der Waals surface area contributed by atoms with Gasteiger partial charge in [-0.05, 0) is 43.9 Å². The number of aliphatic imine (C=N–C) groups is 1. The second kappa shape index (κ2) is 12.4. The van der Waals surface area contributed by atoms with Gasteiger partial charge in [0.1, 0.15) is 5.82 Å². The van der Waals surface area contributed by atoms with Gasteiger partial charge < -0.3 is 10.2 Å². The van der Waals surface area contributed by atoms with Gasteiger partial charge in [-0.3, -0.25) is 4.99 Å². The van der Waals surface area contributed by atoms with Gasteiger partial charge in [0.25, 0.3) is 0 Å². The van der Waals surface area contributed by atoms with Crippen molar-refractivity contribution in [3.05, 3.63) is 48.3 Å². The minimum Gasteiger partial charge on any atom is -0.357 e. The van der Waals surface area contributed by atoms with E-state index in [1.54, 1.807) is 0 Å². The van der Waals surface area contributed by atoms with Gasteiger partial charge in [0.05, 0.1) is 0 Å². The van der Waals surface area contributed by atoms with Crippen LogP contribution in [-0.2, 0) is 6.42 Å². The van der Waals surface area contributed by atoms with Gasteiger partial charge in [-0.1, -0.05) is 18.2 Å². The highest BCUT2D eigenvalue weighted by Crippen LogP contribution is 2.04. The van der Waals surface area contributed by atoms with Gasteiger partial charge in [-0.2, -0.15) is 0 Å². The van der Waals surface area contributed by atoms with Crippen LogP contribution in [0.2, 0.25) is 0 Å². The Hall–Kier alpha value is -1.11. The third-order valence-electron chi connectivity index (χ3n) is 3.17. The van der Waals surface area contributed by atoms with Crippen molar-refractivity contribution < 1.29 is 4.39 Å². The predicted molar refractivity (Wildman–Crippen MR) is 104 cm³/mol. The number of nitrogens with zero attached hydrogens (tertiary/aromatic N) is 2. The van der Waals surface area contributed by atoms with Gasteiger partial charge in [0, 0.05) is 26.7 Å². The zero-order valence-electron chi connectivity index (χ0n) is 13.5. The summed E-state index contributed by atoms with van der Waals surface area (Å²) in [7, 11) is 2.04. The summed E-state index contributed by atoms with van der Waals surface area (Å²) in [6.45, 7) is 8.29. The second-order valence-corrected chi connectivity index (χ2v) is 4.96. The van der Waals surface area contributed by atoms with Gasteiger partial charge in [-0.25, -0.2) is 4.39 Å². The standard InChI is InChI=1S/C17H26FN3.HI/c1-4-6-7-14-21(3)17(19-5-2)20-13-12-15-8-10-16(18)11-9-15;/h4,8-11H,1,5-7,12-14H2,2-3H3,(H,19,20);1H. The molecule has 0 radical (unpaired) electrons. The van der Waals surface area contributed by atoms with Crippen molar-refractivity contribution >= 4 is 29.9 Å². The summed E-state index contributed by atoms with van der Waals surface area (Å²) in [6.07, 6.45) is 4.84. The van der Waals surface area contributed by atoms with Crippen LogP contribution in [0.25, 0.3) is 0 Å². The Labute approximate surface area is 150 Å². The molecule has 1 N–H and O–H groups in total. The molecular weight excluding hydrogens is 392 g/mol. The van der Waals surface area contributed by atoms with E-state index in [0.717, 1.165) is 43.9 Å². The first kappa shape index (κ1) is 20.9. The molecule has 1 aromatic carbocycles. The Bertz CT molecular complexity index is 446. The number of hydrogen-bond acceptors (Lipinski definition) is 1. The molecule has 1 aromatic rings. The van der Waals surface area contributed by atoms with E-state index in [0.29, 0.717) is 6.54 Å². The summed E-state index contributed by atoms with van der Waals surface area (Å²) >= 11 is 0. The Balaban J connectivity index is 0.00000441. The van der Waals surface area contributed by atoms with Crippen LogP contribution in [-0.4, -0.2) is 37.5 Å². The summed E-state index contributed by atoms with van der Waals surface area (Å²) in [5.41, 5.74) is 1.10. The maximum Gasteiger partial charge on any atom is 0.193 e. The lowest BCUT2D eigenvalue weighted by Crippen LogP contribution is -2.39. The predicted octanol–water partition coefficient (Wildman–Crippen LogP) is 3.85. The molecule has 22 heavy (non-hydrogen) atoms. The van der Waals surface area contributed by atoms with Crippen LogP contribution in [0.1, 0.15) is 25.3 Å². The molecule has 3 nitrogen and oxygen atoms in total. The molecule has 0 spiro atoms. The van der Waals surface area contributed by atoms with Crippen molar-refractivity contribution in [2.75, 3.05) is 26.7 Å². The lowest BCUT2D eigenvalue weighted by molar-refractivity contribution is 0.470. The third-order valence-corrected chi connectivity index (χ3v) is 3.17. The Morgan fingerprint density at radius 1 is 1.36 bits per heavy atom. The summed E-state index contributed by atoms with van der Waals surface area (Å²) < 4.78 is 12.8. The monoisotopic (exact) mass is 419 g/mol. The van der Waals surface area contributed by atoms with Crippen molar-refractivity contribution in [3.8, 4) is 0 Å². The van der Waals surface area contributed by atoms with Crippen LogP contribution in [0.3, 0.4) is 0 Å². The maximum absolute atomic E-state index is 12.8. The molecule has 0 aromatic heterocycles. The maximum atomic E-state index is 12.8. The average Bonchev–Trinajstić information content (AvgIpc) is 2.48. The van der Waals surface area contributed by atoms with Crippen LogP contribution in [0, 0.1) is 5.82 Å². The van der Waals surface area contributed by atoms with Crippen molar-refractivity contribution in [1.29, 1.82) is 0 Å². The van der Waals surface area contributed by atoms with Gasteiger partial charge in [0.2, 0.25) is 0 Å². The highest BCUT2D eigenvalue weighted by atomic mass is 127. The van der Waals surface area contributed by atoms with E-state index in [-0.39, 0.29) is 29.8 Å². The largest absolute Gasteiger partial charge is 0.357 e. The van der Waals surface area contributed by atoms with E-state index in [1.165, 1.54) is 12.1 Å². The molecule has 0 amide bonds. The molecule has 0 aliphatic rings. The molecule has 124 valence electrons. The van der Waals surface area contributed by atoms with Crippen LogP contribution < -0.4 is 5.32 Å². The molecule has 0 fully saturated rings. The fourth-order valence-corrected chi connectivity index (χ4v) is 1.99. The first-order chi connectivity index (χ1) is 10.2. The first-order valence-electron chi connectivity index (χ1n) is 7.52. The fourth-order valence-electron chi connectivity index (χ4n) is 1.99. The SMILES string of the molecule is C=CCCCN(C)C(=NCCc1ccc(F)cc1)NCC.I. The number of hydrogen-bond donors (Lipinski definition) is 1. The van der Waals surface area contributed by atoms with E-state index in [9.17, 15) is 4.39 Å². The first-order valence-corrected chi connectivity index (χ1v) is 7.52. The third kappa shape index (κ3) is 8.36. The van der Waals surface area contributed by atoms with Crippen molar-refractivity contribution in [3.63, 3.8) is 0 Å². The number of allylic oxidation sites excluding steroid dienone is 1. The average molecular weight is 419 g/mol. The van der Waals surface area contributed by atoms with Gasteiger partial charge in [-0.15, -0.1) is 30.6 Å². The van der Waals surface area contributed by atoms with Crippen LogP contribution in [0.4, 0.5) is 4.39 Å². The van der Waals surface area contributed by atoms with Crippen LogP contribution in [0.5, 0.6) is 0 Å². The molecule has 1 rings (SSSR count). The zero-order valence-corrected chi connectivity index (χ0v) is 15.8. The van der Waals surface area contributed by atoms with Gasteiger partial charge >= 0.3 is 0 Å². The molecule has 0 aliphatic carbocycles. The topological polar surface area (TPSA) is 27.6 Å². The van der Waals surface area contributed by atoms with Crippen molar-refractivity contribution in [2.24, 2.45) is 4.99 Å². The number of rotatable bonds is 8. The lowest BCUT2D eigenvalue weighted by Gasteiger charge is -2.21. The van der Waals surface area contributed by atoms with E-state index in [4.69, 9.17) is 0 Å². The normalized spacial score (nSPS) is 10.8. The van der Waals surface area contributed by atoms with Crippen LogP contribution >= 0.6 is 24.0 Å². The fraction of sp³-hybridized carbons (Fsp3) is 0.471. The number of benzene rings is 1. The molecule has 0 saturated heterocycles.